The minimum Gasteiger partial charge on any atom is -0.480 e. The lowest BCUT2D eigenvalue weighted by molar-refractivity contribution is -0.142. The normalized spacial score (nSPS) is 14.6. The molecule has 0 aliphatic heterocycles. The molecule has 0 spiro atoms. The summed E-state index contributed by atoms with van der Waals surface area (Å²) in [6.07, 6.45) is 5.36. The first-order valence-corrected chi connectivity index (χ1v) is 7.66. The monoisotopic (exact) mass is 248 g/mol. The Morgan fingerprint density at radius 1 is 1.38 bits per heavy atom. The van der Waals surface area contributed by atoms with Gasteiger partial charge in [-0.15, -0.1) is 0 Å². The summed E-state index contributed by atoms with van der Waals surface area (Å²) in [5, 5.41) is 11.6. The van der Waals surface area contributed by atoms with E-state index >= 15 is 0 Å². The van der Waals surface area contributed by atoms with Gasteiger partial charge in [0, 0.05) is 12.3 Å². The molecule has 0 saturated carbocycles. The van der Waals surface area contributed by atoms with Gasteiger partial charge in [0.1, 0.15) is 11.8 Å². The van der Waals surface area contributed by atoms with Crippen molar-refractivity contribution in [1.82, 2.24) is 5.32 Å². The number of carbonyl (C=O) groups is 2. The van der Waals surface area contributed by atoms with E-state index in [1.165, 1.54) is 0 Å². The van der Waals surface area contributed by atoms with E-state index in [0.717, 1.165) is 12.2 Å². The summed E-state index contributed by atoms with van der Waals surface area (Å²) in [4.78, 5) is 22.5. The van der Waals surface area contributed by atoms with Crippen LogP contribution in [0.4, 0.5) is 0 Å². The van der Waals surface area contributed by atoms with Crippen LogP contribution in [0.3, 0.4) is 0 Å². The Hall–Kier alpha value is -0.710. The second-order valence-electron chi connectivity index (χ2n) is 4.19. The Morgan fingerprint density at radius 3 is 2.31 bits per heavy atom. The van der Waals surface area contributed by atoms with E-state index in [4.69, 9.17) is 5.11 Å². The third kappa shape index (κ3) is 6.00. The van der Waals surface area contributed by atoms with Gasteiger partial charge in [-0.3, -0.25) is 4.79 Å². The molecule has 0 aliphatic carbocycles. The molecule has 16 heavy (non-hydrogen) atoms. The van der Waals surface area contributed by atoms with E-state index in [2.05, 4.69) is 17.8 Å². The van der Waals surface area contributed by atoms with Crippen molar-refractivity contribution in [1.29, 1.82) is 0 Å². The van der Waals surface area contributed by atoms with Gasteiger partial charge in [0.15, 0.2) is 0 Å². The Kier molecular flexibility index (Phi) is 7.21. The van der Waals surface area contributed by atoms with E-state index in [0.29, 0.717) is 6.42 Å². The average Bonchev–Trinajstić information content (AvgIpc) is 2.21. The van der Waals surface area contributed by atoms with E-state index in [9.17, 15) is 9.59 Å². The van der Waals surface area contributed by atoms with Crippen molar-refractivity contribution in [2.24, 2.45) is 5.92 Å². The van der Waals surface area contributed by atoms with Crippen LogP contribution in [0, 0.1) is 5.92 Å². The molecule has 0 aliphatic rings. The summed E-state index contributed by atoms with van der Waals surface area (Å²) in [6, 6.07) is -0.739. The number of nitrogens with one attached hydrogen (secondary N) is 1. The fourth-order valence-corrected chi connectivity index (χ4v) is 1.82. The maximum absolute atomic E-state index is 11.6. The predicted octanol–water partition coefficient (Wildman–Crippen LogP) is 0.870. The highest BCUT2D eigenvalue weighted by Crippen LogP contribution is 2.03. The highest BCUT2D eigenvalue weighted by Gasteiger charge is 2.23. The molecule has 1 amide bonds. The van der Waals surface area contributed by atoms with Gasteiger partial charge in [-0.2, -0.15) is 0 Å². The predicted molar refractivity (Wildman–Crippen MR) is 67.7 cm³/mol. The number of carbonyl (C=O) groups excluding carboxylic acids is 1. The molecule has 0 saturated heterocycles. The molecule has 0 aromatic carbocycles. The molecule has 0 radical (unpaired) electrons. The molecule has 0 fully saturated rings. The largest absolute Gasteiger partial charge is 0.480 e. The zero-order valence-electron chi connectivity index (χ0n) is 10.4. The van der Waals surface area contributed by atoms with Gasteiger partial charge in [-0.25, -0.2) is 4.79 Å². The van der Waals surface area contributed by atoms with Crippen LogP contribution in [0.1, 0.15) is 26.7 Å². The van der Waals surface area contributed by atoms with Crippen molar-refractivity contribution in [3.63, 3.8) is 0 Å². The number of aliphatic carboxylic acids is 1. The van der Waals surface area contributed by atoms with Gasteiger partial charge in [-0.1, -0.05) is 13.8 Å². The van der Waals surface area contributed by atoms with Crippen LogP contribution < -0.4 is 5.32 Å². The number of rotatable bonds is 7. The molecule has 0 aromatic rings. The van der Waals surface area contributed by atoms with Crippen LogP contribution in [0.15, 0.2) is 0 Å². The third-order valence-corrected chi connectivity index (χ3v) is 3.54. The lowest BCUT2D eigenvalue weighted by atomic mass is 10.1. The van der Waals surface area contributed by atoms with Gasteiger partial charge < -0.3 is 10.4 Å². The lowest BCUT2D eigenvalue weighted by Crippen LogP contribution is -2.43. The van der Waals surface area contributed by atoms with Crippen molar-refractivity contribution >= 4 is 22.8 Å². The second kappa shape index (κ2) is 7.54. The summed E-state index contributed by atoms with van der Waals surface area (Å²) in [7, 11) is 0.205. The average molecular weight is 248 g/mol. The number of amides is 1. The molecule has 2 N–H and O–H groups in total. The number of hydrogen-bond acceptors (Lipinski definition) is 2. The highest BCUT2D eigenvalue weighted by atomic mass is 32.2. The molecule has 0 aromatic heterocycles. The van der Waals surface area contributed by atoms with E-state index in [1.807, 2.05) is 6.92 Å². The van der Waals surface area contributed by atoms with Gasteiger partial charge in [0.25, 0.3) is 0 Å². The Morgan fingerprint density at radius 2 is 1.94 bits per heavy atom. The standard InChI is InChI=1S/C11H21NO3S/c1-5-8(2)10(13)12-9(11(14)15)6-7-16(3)4/h8-9H,5-7H2,1-4H3,(H-,12,13,14,15)/p+1/t8?,9-/m1/s1. The summed E-state index contributed by atoms with van der Waals surface area (Å²) in [5.74, 6) is -0.398. The van der Waals surface area contributed by atoms with Crippen molar-refractivity contribution in [3.05, 3.63) is 0 Å². The molecular formula is C11H22NO3S+. The van der Waals surface area contributed by atoms with E-state index < -0.39 is 12.0 Å². The minimum atomic E-state index is -0.942. The first-order valence-electron chi connectivity index (χ1n) is 5.45. The maximum atomic E-state index is 11.6. The van der Waals surface area contributed by atoms with Gasteiger partial charge >= 0.3 is 5.97 Å². The first-order chi connectivity index (χ1) is 7.38. The number of carboxylic acid groups (broad SMARTS) is 1. The van der Waals surface area contributed by atoms with Crippen LogP contribution in [-0.2, 0) is 20.5 Å². The van der Waals surface area contributed by atoms with Crippen LogP contribution in [0.2, 0.25) is 0 Å². The molecule has 0 rings (SSSR count). The first kappa shape index (κ1) is 15.3. The molecule has 2 atom stereocenters. The smallest absolute Gasteiger partial charge is 0.326 e. The highest BCUT2D eigenvalue weighted by molar-refractivity contribution is 7.95. The lowest BCUT2D eigenvalue weighted by Gasteiger charge is -2.16. The summed E-state index contributed by atoms with van der Waals surface area (Å²) in [5.41, 5.74) is 0. The molecule has 94 valence electrons. The minimum absolute atomic E-state index is 0.122. The Balaban J connectivity index is 4.23. The van der Waals surface area contributed by atoms with Gasteiger partial charge in [0.2, 0.25) is 5.91 Å². The number of carboxylic acids is 1. The van der Waals surface area contributed by atoms with Crippen LogP contribution in [0.5, 0.6) is 0 Å². The molecule has 4 nitrogen and oxygen atoms in total. The van der Waals surface area contributed by atoms with Crippen LogP contribution in [-0.4, -0.2) is 41.3 Å². The molecule has 0 bridgehead atoms. The van der Waals surface area contributed by atoms with E-state index in [1.54, 1.807) is 6.92 Å². The zero-order valence-corrected chi connectivity index (χ0v) is 11.3. The van der Waals surface area contributed by atoms with E-state index in [-0.39, 0.29) is 22.7 Å². The Labute approximate surface area is 100 Å². The topological polar surface area (TPSA) is 66.4 Å². The van der Waals surface area contributed by atoms with Crippen molar-refractivity contribution < 1.29 is 14.7 Å². The fourth-order valence-electron chi connectivity index (χ4n) is 1.11. The zero-order chi connectivity index (χ0) is 12.7. The maximum Gasteiger partial charge on any atom is 0.326 e. The molecule has 0 heterocycles. The molecule has 5 heteroatoms. The van der Waals surface area contributed by atoms with Crippen molar-refractivity contribution in [2.75, 3.05) is 18.3 Å². The quantitative estimate of drug-likeness (QED) is 0.657. The summed E-state index contributed by atoms with van der Waals surface area (Å²) >= 11 is 0. The Bertz CT molecular complexity index is 243. The van der Waals surface area contributed by atoms with Crippen LogP contribution in [0.25, 0.3) is 0 Å². The fraction of sp³-hybridized carbons (Fsp3) is 0.818. The van der Waals surface area contributed by atoms with Gasteiger partial charge in [0.05, 0.1) is 12.5 Å². The van der Waals surface area contributed by atoms with Crippen molar-refractivity contribution in [3.8, 4) is 0 Å². The second-order valence-corrected chi connectivity index (χ2v) is 6.57. The summed E-state index contributed by atoms with van der Waals surface area (Å²) < 4.78 is 0. The van der Waals surface area contributed by atoms with Crippen molar-refractivity contribution in [2.45, 2.75) is 32.7 Å². The molecule has 1 unspecified atom stereocenters. The third-order valence-electron chi connectivity index (χ3n) is 2.49. The van der Waals surface area contributed by atoms with Gasteiger partial charge in [-0.05, 0) is 17.3 Å². The number of hydrogen-bond donors (Lipinski definition) is 2. The SMILES string of the molecule is CCC(C)C(=O)N[C@H](CC[S+](C)C)C(=O)O. The summed E-state index contributed by atoms with van der Waals surface area (Å²) in [6.45, 7) is 3.72. The van der Waals surface area contributed by atoms with Crippen LogP contribution >= 0.6 is 0 Å². The molecular weight excluding hydrogens is 226 g/mol.